The van der Waals surface area contributed by atoms with Crippen molar-refractivity contribution in [3.63, 3.8) is 0 Å². The van der Waals surface area contributed by atoms with Gasteiger partial charge in [-0.15, -0.1) is 0 Å². The normalized spacial score (nSPS) is 14.9. The minimum Gasteiger partial charge on any atom is -0.497 e. The van der Waals surface area contributed by atoms with Gasteiger partial charge in [-0.1, -0.05) is 23.7 Å². The van der Waals surface area contributed by atoms with Gasteiger partial charge in [0.1, 0.15) is 22.8 Å². The molecule has 2 aromatic carbocycles. The molecule has 0 unspecified atom stereocenters. The average molecular weight is 425 g/mol. The Bertz CT molecular complexity index is 1140. The number of benzene rings is 2. The van der Waals surface area contributed by atoms with Gasteiger partial charge in [0.25, 0.3) is 5.91 Å². The number of nitrogens with one attached hydrogen (secondary N) is 2. The zero-order valence-corrected chi connectivity index (χ0v) is 16.6. The first-order valence-electron chi connectivity index (χ1n) is 8.97. The average Bonchev–Trinajstić information content (AvgIpc) is 3.18. The van der Waals surface area contributed by atoms with Crippen molar-refractivity contribution in [1.29, 1.82) is 0 Å². The number of aromatic nitrogens is 2. The van der Waals surface area contributed by atoms with E-state index in [0.29, 0.717) is 22.3 Å². The van der Waals surface area contributed by atoms with Gasteiger partial charge < -0.3 is 20.5 Å². The number of carbonyl (C=O) groups is 2. The Labute approximate surface area is 176 Å². The third kappa shape index (κ3) is 3.72. The molecule has 1 atom stereocenters. The number of halogens is 1. The summed E-state index contributed by atoms with van der Waals surface area (Å²) in [5.41, 5.74) is 1.53. The monoisotopic (exact) mass is 424 g/mol. The number of hydrogen-bond donors (Lipinski definition) is 3. The molecule has 2 heterocycles. The van der Waals surface area contributed by atoms with Crippen LogP contribution in [-0.4, -0.2) is 33.9 Å². The van der Waals surface area contributed by atoms with E-state index >= 15 is 0 Å². The number of methoxy groups -OCH3 is 1. The number of amides is 1. The summed E-state index contributed by atoms with van der Waals surface area (Å²) in [6.45, 7) is 0. The van der Waals surface area contributed by atoms with Crippen LogP contribution in [0.5, 0.6) is 5.75 Å². The van der Waals surface area contributed by atoms with E-state index in [0.717, 1.165) is 5.56 Å². The van der Waals surface area contributed by atoms with Gasteiger partial charge in [0.2, 0.25) is 0 Å². The molecule has 1 aliphatic heterocycles. The summed E-state index contributed by atoms with van der Waals surface area (Å²) in [7, 11) is 1.56. The van der Waals surface area contributed by atoms with Crippen molar-refractivity contribution in [2.75, 3.05) is 17.7 Å². The molecule has 152 valence electrons. The van der Waals surface area contributed by atoms with Gasteiger partial charge in [0.15, 0.2) is 0 Å². The van der Waals surface area contributed by atoms with Gasteiger partial charge in [-0.05, 0) is 48.0 Å². The van der Waals surface area contributed by atoms with Crippen molar-refractivity contribution in [3.8, 4) is 5.75 Å². The lowest BCUT2D eigenvalue weighted by Crippen LogP contribution is -2.25. The second-order valence-electron chi connectivity index (χ2n) is 6.54. The predicted octanol–water partition coefficient (Wildman–Crippen LogP) is 3.78. The highest BCUT2D eigenvalue weighted by Gasteiger charge is 2.29. The Kier molecular flexibility index (Phi) is 5.16. The fourth-order valence-electron chi connectivity index (χ4n) is 3.16. The molecule has 0 saturated heterocycles. The molecule has 8 nitrogen and oxygen atoms in total. The van der Waals surface area contributed by atoms with Crippen molar-refractivity contribution < 1.29 is 19.4 Å². The number of carboxylic acid groups (broad SMARTS) is 1. The van der Waals surface area contributed by atoms with Crippen LogP contribution in [-0.2, 0) is 4.79 Å². The van der Waals surface area contributed by atoms with E-state index in [9.17, 15) is 14.7 Å². The van der Waals surface area contributed by atoms with Crippen molar-refractivity contribution in [2.45, 2.75) is 6.04 Å². The highest BCUT2D eigenvalue weighted by atomic mass is 35.5. The van der Waals surface area contributed by atoms with Gasteiger partial charge in [-0.3, -0.25) is 4.79 Å². The molecule has 3 aromatic rings. The fraction of sp³-hybridized carbons (Fsp3) is 0.0952. The predicted molar refractivity (Wildman–Crippen MR) is 112 cm³/mol. The number of allylic oxidation sites excluding steroid dienone is 1. The van der Waals surface area contributed by atoms with Gasteiger partial charge in [0, 0.05) is 10.7 Å². The molecule has 1 amide bonds. The molecule has 1 aromatic heterocycles. The Morgan fingerprint density at radius 1 is 1.17 bits per heavy atom. The van der Waals surface area contributed by atoms with Gasteiger partial charge in [0.05, 0.1) is 19.3 Å². The highest BCUT2D eigenvalue weighted by molar-refractivity contribution is 6.30. The summed E-state index contributed by atoms with van der Waals surface area (Å²) in [5, 5.41) is 20.0. The zero-order chi connectivity index (χ0) is 21.3. The first-order valence-corrected chi connectivity index (χ1v) is 9.34. The van der Waals surface area contributed by atoms with Crippen LogP contribution in [0.1, 0.15) is 22.0 Å². The summed E-state index contributed by atoms with van der Waals surface area (Å²) in [5.74, 6) is -0.598. The lowest BCUT2D eigenvalue weighted by Gasteiger charge is -2.24. The van der Waals surface area contributed by atoms with E-state index in [1.807, 2.05) is 0 Å². The number of hydrogen-bond acceptors (Lipinski definition) is 5. The molecule has 4 rings (SSSR count). The topological polar surface area (TPSA) is 105 Å². The summed E-state index contributed by atoms with van der Waals surface area (Å²) >= 11 is 5.97. The van der Waals surface area contributed by atoms with Crippen molar-refractivity contribution in [2.24, 2.45) is 0 Å². The fourth-order valence-corrected chi connectivity index (χ4v) is 3.28. The number of ether oxygens (including phenoxy) is 1. The van der Waals surface area contributed by atoms with Crippen LogP contribution in [0.25, 0.3) is 0 Å². The number of rotatable bonds is 5. The quantitative estimate of drug-likeness (QED) is 0.575. The summed E-state index contributed by atoms with van der Waals surface area (Å²) < 4.78 is 6.68. The SMILES string of the molecule is COc1ccc(NC(=O)c2cnn3c2NC(C(=O)O)=C[C@H]3c2ccc(Cl)cc2)cc1. The molecule has 0 bridgehead atoms. The third-order valence-corrected chi connectivity index (χ3v) is 4.92. The van der Waals surface area contributed by atoms with E-state index in [1.165, 1.54) is 12.3 Å². The van der Waals surface area contributed by atoms with Crippen LogP contribution in [0.15, 0.2) is 66.5 Å². The maximum absolute atomic E-state index is 12.8. The van der Waals surface area contributed by atoms with Crippen molar-refractivity contribution >= 4 is 35.0 Å². The number of anilines is 2. The van der Waals surface area contributed by atoms with Crippen LogP contribution < -0.4 is 15.4 Å². The zero-order valence-electron chi connectivity index (χ0n) is 15.8. The minimum atomic E-state index is -1.14. The molecular weight excluding hydrogens is 408 g/mol. The van der Waals surface area contributed by atoms with Crippen LogP contribution in [0.4, 0.5) is 11.5 Å². The van der Waals surface area contributed by atoms with E-state index in [-0.39, 0.29) is 11.3 Å². The summed E-state index contributed by atoms with van der Waals surface area (Å²) in [6.07, 6.45) is 2.94. The van der Waals surface area contributed by atoms with Gasteiger partial charge in [-0.2, -0.15) is 5.10 Å². The maximum atomic E-state index is 12.8. The Morgan fingerprint density at radius 2 is 1.87 bits per heavy atom. The Balaban J connectivity index is 1.68. The van der Waals surface area contributed by atoms with E-state index in [2.05, 4.69) is 15.7 Å². The van der Waals surface area contributed by atoms with Crippen LogP contribution in [0, 0.1) is 0 Å². The summed E-state index contributed by atoms with van der Waals surface area (Å²) in [6, 6.07) is 13.4. The molecule has 3 N–H and O–H groups in total. The first-order chi connectivity index (χ1) is 14.5. The van der Waals surface area contributed by atoms with Crippen LogP contribution in [0.2, 0.25) is 5.02 Å². The number of aliphatic carboxylic acids is 1. The lowest BCUT2D eigenvalue weighted by atomic mass is 10.0. The number of nitrogens with zero attached hydrogens (tertiary/aromatic N) is 2. The van der Waals surface area contributed by atoms with Crippen LogP contribution >= 0.6 is 11.6 Å². The van der Waals surface area contributed by atoms with Crippen molar-refractivity contribution in [3.05, 3.63) is 82.7 Å². The standard InChI is InChI=1S/C21H17ClN4O4/c1-30-15-8-6-14(7-9-15)24-20(27)16-11-23-26-18(12-2-4-13(22)5-3-12)10-17(21(28)29)25-19(16)26/h2-11,18,25H,1H3,(H,24,27)(H,28,29)/t18-/m0/s1. The van der Waals surface area contributed by atoms with Gasteiger partial charge >= 0.3 is 5.97 Å². The molecule has 0 spiro atoms. The lowest BCUT2D eigenvalue weighted by molar-refractivity contribution is -0.132. The smallest absolute Gasteiger partial charge is 0.352 e. The molecule has 30 heavy (non-hydrogen) atoms. The van der Waals surface area contributed by atoms with E-state index in [1.54, 1.807) is 60.3 Å². The van der Waals surface area contributed by atoms with Crippen molar-refractivity contribution in [1.82, 2.24) is 9.78 Å². The molecule has 0 saturated carbocycles. The minimum absolute atomic E-state index is 0.0403. The molecule has 1 aliphatic rings. The highest BCUT2D eigenvalue weighted by Crippen LogP contribution is 2.33. The summed E-state index contributed by atoms with van der Waals surface area (Å²) in [4.78, 5) is 24.5. The number of fused-ring (bicyclic) bond motifs is 1. The maximum Gasteiger partial charge on any atom is 0.352 e. The Hall–Kier alpha value is -3.78. The molecular formula is C21H17ClN4O4. The molecule has 0 aliphatic carbocycles. The molecule has 0 radical (unpaired) electrons. The third-order valence-electron chi connectivity index (χ3n) is 4.67. The second-order valence-corrected chi connectivity index (χ2v) is 6.98. The molecule has 9 heteroatoms. The van der Waals surface area contributed by atoms with Crippen LogP contribution in [0.3, 0.4) is 0 Å². The molecule has 0 fully saturated rings. The number of carboxylic acids is 1. The van der Waals surface area contributed by atoms with E-state index < -0.39 is 17.9 Å². The number of carbonyl (C=O) groups excluding carboxylic acids is 1. The van der Waals surface area contributed by atoms with E-state index in [4.69, 9.17) is 16.3 Å². The first kappa shape index (κ1) is 19.5. The van der Waals surface area contributed by atoms with Gasteiger partial charge in [-0.25, -0.2) is 9.48 Å². The second kappa shape index (κ2) is 7.92. The largest absolute Gasteiger partial charge is 0.497 e. The Morgan fingerprint density at radius 3 is 2.50 bits per heavy atom.